The topological polar surface area (TPSA) is 64.0 Å². The Morgan fingerprint density at radius 3 is 2.45 bits per heavy atom. The summed E-state index contributed by atoms with van der Waals surface area (Å²) in [7, 11) is 3.57. The van der Waals surface area contributed by atoms with Crippen LogP contribution in [0.5, 0.6) is 0 Å². The third-order valence-electron chi connectivity index (χ3n) is 5.41. The summed E-state index contributed by atoms with van der Waals surface area (Å²) in [5.74, 6) is -0.279. The van der Waals surface area contributed by atoms with Crippen LogP contribution in [0.3, 0.4) is 0 Å². The van der Waals surface area contributed by atoms with Gasteiger partial charge in [-0.15, -0.1) is 0 Å². The van der Waals surface area contributed by atoms with E-state index in [1.54, 1.807) is 16.9 Å². The van der Waals surface area contributed by atoms with Crippen LogP contribution in [0, 0.1) is 0 Å². The maximum atomic E-state index is 13.1. The summed E-state index contributed by atoms with van der Waals surface area (Å²) in [5.41, 5.74) is 2.03. The van der Waals surface area contributed by atoms with Crippen molar-refractivity contribution in [3.63, 3.8) is 0 Å². The number of carbonyl (C=O) groups excluding carboxylic acids is 2. The molecule has 0 N–H and O–H groups in total. The first-order valence-electron chi connectivity index (χ1n) is 10.7. The van der Waals surface area contributed by atoms with E-state index < -0.39 is 0 Å². The molecule has 2 rings (SSSR count). The minimum Gasteiger partial charge on any atom is -0.383 e. The molecule has 0 aliphatic rings. The third kappa shape index (κ3) is 7.84. The number of amides is 2. The minimum absolute atomic E-state index is 0.0245. The summed E-state index contributed by atoms with van der Waals surface area (Å²) in [4.78, 5) is 29.4. The van der Waals surface area contributed by atoms with Crippen LogP contribution in [0.15, 0.2) is 48.7 Å². The van der Waals surface area contributed by atoms with Crippen molar-refractivity contribution in [3.8, 4) is 0 Å². The van der Waals surface area contributed by atoms with Crippen molar-refractivity contribution in [2.75, 3.05) is 33.4 Å². The molecule has 0 saturated carbocycles. The fourth-order valence-electron chi connectivity index (χ4n) is 3.22. The number of aromatic nitrogens is 1. The lowest BCUT2D eigenvalue weighted by Crippen LogP contribution is -2.48. The molecule has 0 aliphatic heterocycles. The second-order valence-electron chi connectivity index (χ2n) is 7.68. The molecule has 0 fully saturated rings. The number of rotatable bonds is 13. The lowest BCUT2D eigenvalue weighted by Gasteiger charge is -2.31. The molecule has 7 nitrogen and oxygen atoms in total. The predicted molar refractivity (Wildman–Crippen MR) is 120 cm³/mol. The molecular weight excluding hydrogens is 394 g/mol. The van der Waals surface area contributed by atoms with E-state index in [4.69, 9.17) is 9.47 Å². The smallest absolute Gasteiger partial charge is 0.249 e. The van der Waals surface area contributed by atoms with Gasteiger partial charge in [0.15, 0.2) is 0 Å². The van der Waals surface area contributed by atoms with Gasteiger partial charge in [-0.3, -0.25) is 9.59 Å². The van der Waals surface area contributed by atoms with Crippen LogP contribution >= 0.6 is 0 Å². The quantitative estimate of drug-likeness (QED) is 0.491. The molecule has 1 unspecified atom stereocenters. The highest BCUT2D eigenvalue weighted by Gasteiger charge is 2.25. The van der Waals surface area contributed by atoms with Crippen LogP contribution in [0.4, 0.5) is 0 Å². The molecule has 0 aliphatic carbocycles. The first-order chi connectivity index (χ1) is 15.0. The maximum Gasteiger partial charge on any atom is 0.249 e. The standard InChI is InChI=1S/C24H35N3O4/c1-5-20(2)27(24(29)19-31-18-21-10-7-6-8-11-21)17-23(28)26(14-15-30-4)16-22-12-9-13-25(22)3/h6-13,20H,5,14-19H2,1-4H3. The predicted octanol–water partition coefficient (Wildman–Crippen LogP) is 2.84. The van der Waals surface area contributed by atoms with E-state index in [2.05, 4.69) is 0 Å². The van der Waals surface area contributed by atoms with E-state index >= 15 is 0 Å². The molecular formula is C24H35N3O4. The summed E-state index contributed by atoms with van der Waals surface area (Å²) in [6.07, 6.45) is 2.71. The summed E-state index contributed by atoms with van der Waals surface area (Å²) < 4.78 is 12.8. The van der Waals surface area contributed by atoms with Gasteiger partial charge >= 0.3 is 0 Å². The maximum absolute atomic E-state index is 13.1. The van der Waals surface area contributed by atoms with Crippen molar-refractivity contribution >= 4 is 11.8 Å². The number of methoxy groups -OCH3 is 1. The zero-order valence-electron chi connectivity index (χ0n) is 19.1. The largest absolute Gasteiger partial charge is 0.383 e. The zero-order valence-corrected chi connectivity index (χ0v) is 19.1. The van der Waals surface area contributed by atoms with E-state index in [-0.39, 0.29) is 31.0 Å². The fourth-order valence-corrected chi connectivity index (χ4v) is 3.22. The van der Waals surface area contributed by atoms with E-state index in [1.807, 2.05) is 74.1 Å². The SMILES string of the molecule is CCC(C)N(CC(=O)N(CCOC)Cc1cccn1C)C(=O)COCc1ccccc1. The Bertz CT molecular complexity index is 806. The zero-order chi connectivity index (χ0) is 22.6. The summed E-state index contributed by atoms with van der Waals surface area (Å²) >= 11 is 0. The molecule has 1 heterocycles. The molecule has 170 valence electrons. The van der Waals surface area contributed by atoms with Gasteiger partial charge in [-0.05, 0) is 31.0 Å². The second kappa shape index (κ2) is 12.9. The van der Waals surface area contributed by atoms with E-state index in [0.717, 1.165) is 17.7 Å². The lowest BCUT2D eigenvalue weighted by atomic mass is 10.2. The van der Waals surface area contributed by atoms with Crippen molar-refractivity contribution in [1.82, 2.24) is 14.4 Å². The summed E-state index contributed by atoms with van der Waals surface area (Å²) in [6, 6.07) is 13.6. The molecule has 31 heavy (non-hydrogen) atoms. The molecule has 0 saturated heterocycles. The van der Waals surface area contributed by atoms with Gasteiger partial charge in [0, 0.05) is 38.6 Å². The van der Waals surface area contributed by atoms with Gasteiger partial charge in [0.25, 0.3) is 0 Å². The highest BCUT2D eigenvalue weighted by atomic mass is 16.5. The average molecular weight is 430 g/mol. The number of benzene rings is 1. The Labute approximate surface area is 185 Å². The summed E-state index contributed by atoms with van der Waals surface area (Å²) in [6.45, 7) is 5.67. The normalized spacial score (nSPS) is 11.9. The van der Waals surface area contributed by atoms with Crippen LogP contribution in [0.25, 0.3) is 0 Å². The number of aryl methyl sites for hydroxylation is 1. The van der Waals surface area contributed by atoms with Crippen LogP contribution in [0.2, 0.25) is 0 Å². The van der Waals surface area contributed by atoms with Gasteiger partial charge < -0.3 is 23.8 Å². The van der Waals surface area contributed by atoms with Crippen molar-refractivity contribution in [3.05, 3.63) is 59.9 Å². The Morgan fingerprint density at radius 2 is 1.84 bits per heavy atom. The first kappa shape index (κ1) is 24.6. The Hall–Kier alpha value is -2.64. The van der Waals surface area contributed by atoms with Gasteiger partial charge in [-0.1, -0.05) is 37.3 Å². The van der Waals surface area contributed by atoms with Gasteiger partial charge in [0.2, 0.25) is 11.8 Å². The van der Waals surface area contributed by atoms with Crippen LogP contribution < -0.4 is 0 Å². The number of ether oxygens (including phenoxy) is 2. The molecule has 2 aromatic rings. The molecule has 0 bridgehead atoms. The lowest BCUT2D eigenvalue weighted by molar-refractivity contribution is -0.146. The second-order valence-corrected chi connectivity index (χ2v) is 7.68. The highest BCUT2D eigenvalue weighted by Crippen LogP contribution is 2.10. The third-order valence-corrected chi connectivity index (χ3v) is 5.41. The van der Waals surface area contributed by atoms with E-state index in [0.29, 0.717) is 26.3 Å². The summed E-state index contributed by atoms with van der Waals surface area (Å²) in [5, 5.41) is 0. The Morgan fingerprint density at radius 1 is 1.10 bits per heavy atom. The molecule has 1 aromatic carbocycles. The van der Waals surface area contributed by atoms with Gasteiger partial charge in [0.1, 0.15) is 13.2 Å². The van der Waals surface area contributed by atoms with E-state index in [1.165, 1.54) is 0 Å². The van der Waals surface area contributed by atoms with Gasteiger partial charge in [0.05, 0.1) is 19.8 Å². The average Bonchev–Trinajstić information content (AvgIpc) is 3.19. The van der Waals surface area contributed by atoms with Crippen LogP contribution in [-0.2, 0) is 39.3 Å². The van der Waals surface area contributed by atoms with Crippen molar-refractivity contribution < 1.29 is 19.1 Å². The molecule has 0 spiro atoms. The first-order valence-corrected chi connectivity index (χ1v) is 10.7. The number of carbonyl (C=O) groups is 2. The van der Waals surface area contributed by atoms with Crippen molar-refractivity contribution in [2.24, 2.45) is 7.05 Å². The van der Waals surface area contributed by atoms with Gasteiger partial charge in [-0.2, -0.15) is 0 Å². The number of hydrogen-bond donors (Lipinski definition) is 0. The monoisotopic (exact) mass is 429 g/mol. The Kier molecular flexibility index (Phi) is 10.3. The number of hydrogen-bond acceptors (Lipinski definition) is 4. The van der Waals surface area contributed by atoms with Crippen molar-refractivity contribution in [1.29, 1.82) is 0 Å². The molecule has 1 aromatic heterocycles. The Balaban J connectivity index is 2.00. The van der Waals surface area contributed by atoms with Crippen LogP contribution in [0.1, 0.15) is 31.5 Å². The molecule has 2 amide bonds. The fraction of sp³-hybridized carbons (Fsp3) is 0.500. The molecule has 0 radical (unpaired) electrons. The van der Waals surface area contributed by atoms with E-state index in [9.17, 15) is 9.59 Å². The van der Waals surface area contributed by atoms with Crippen LogP contribution in [-0.4, -0.2) is 65.6 Å². The molecule has 7 heteroatoms. The van der Waals surface area contributed by atoms with Gasteiger partial charge in [-0.25, -0.2) is 0 Å². The molecule has 1 atom stereocenters. The minimum atomic E-state index is -0.177. The highest BCUT2D eigenvalue weighted by molar-refractivity contribution is 5.85. The number of nitrogens with zero attached hydrogens (tertiary/aromatic N) is 3. The van der Waals surface area contributed by atoms with Crippen molar-refractivity contribution in [2.45, 2.75) is 39.5 Å².